The molecule has 1 N–H and O–H groups in total. The number of ether oxygens (including phenoxy) is 2. The third kappa shape index (κ3) is 40.0. The summed E-state index contributed by atoms with van der Waals surface area (Å²) in [5.41, 5.74) is 0. The van der Waals surface area contributed by atoms with E-state index in [2.05, 4.69) is 98.9 Å². The quantitative estimate of drug-likeness (QED) is 0.0399. The molecule has 4 heteroatoms. The van der Waals surface area contributed by atoms with Crippen molar-refractivity contribution >= 4 is 5.97 Å². The van der Waals surface area contributed by atoms with Gasteiger partial charge < -0.3 is 14.6 Å². The fourth-order valence-corrected chi connectivity index (χ4v) is 5.37. The number of esters is 1. The molecule has 0 aliphatic heterocycles. The number of hydrogen-bond acceptors (Lipinski definition) is 4. The molecule has 0 aromatic carbocycles. The third-order valence-electron chi connectivity index (χ3n) is 8.45. The zero-order valence-electron chi connectivity index (χ0n) is 32.6. The molecule has 0 spiro atoms. The molecule has 0 aliphatic rings. The molecule has 286 valence electrons. The first-order chi connectivity index (χ1) is 24.7. The highest BCUT2D eigenvalue weighted by molar-refractivity contribution is 5.69. The molecular weight excluding hydrogens is 617 g/mol. The van der Waals surface area contributed by atoms with Crippen molar-refractivity contribution < 1.29 is 19.4 Å². The minimum atomic E-state index is -0.551. The van der Waals surface area contributed by atoms with Gasteiger partial charge in [-0.1, -0.05) is 170 Å². The number of hydrogen-bond donors (Lipinski definition) is 1. The van der Waals surface area contributed by atoms with Gasteiger partial charge in [-0.2, -0.15) is 0 Å². The zero-order valence-corrected chi connectivity index (χ0v) is 32.6. The van der Waals surface area contributed by atoms with E-state index >= 15 is 0 Å². The number of rotatable bonds is 37. The van der Waals surface area contributed by atoms with E-state index in [0.717, 1.165) is 77.0 Å². The van der Waals surface area contributed by atoms with Gasteiger partial charge in [-0.3, -0.25) is 4.79 Å². The van der Waals surface area contributed by atoms with Crippen LogP contribution in [0, 0.1) is 0 Å². The van der Waals surface area contributed by atoms with Crippen LogP contribution in [0.25, 0.3) is 0 Å². The standard InChI is InChI=1S/C46H78O4/c1-3-5-7-9-11-13-15-17-19-20-21-22-23-24-25-26-27-28-30-32-34-36-38-40-42-49-44-45(43-47)50-46(48)41-39-37-35-33-31-29-18-16-14-12-10-8-6-4-2/h5,7,10-13,16-19,21-22,24-25,45,47H,3-4,6,8-9,14-15,20,23,26-44H2,1-2H3/b7-5-,12-10-,13-11-,18-16-,19-17-,22-21-,25-24-. The van der Waals surface area contributed by atoms with Crippen LogP contribution in [0.3, 0.4) is 0 Å². The summed E-state index contributed by atoms with van der Waals surface area (Å²) in [6.45, 7) is 5.14. The van der Waals surface area contributed by atoms with E-state index in [1.807, 2.05) is 0 Å². The maximum Gasteiger partial charge on any atom is 0.306 e. The van der Waals surface area contributed by atoms with Crippen LogP contribution in [-0.4, -0.2) is 37.0 Å². The molecule has 0 aromatic rings. The first-order valence-corrected chi connectivity index (χ1v) is 20.7. The van der Waals surface area contributed by atoms with E-state index in [1.165, 1.54) is 77.0 Å². The van der Waals surface area contributed by atoms with Crippen LogP contribution in [-0.2, 0) is 14.3 Å². The van der Waals surface area contributed by atoms with E-state index in [-0.39, 0.29) is 19.2 Å². The Morgan fingerprint density at radius 2 is 0.900 bits per heavy atom. The van der Waals surface area contributed by atoms with E-state index < -0.39 is 6.10 Å². The molecule has 0 heterocycles. The Bertz CT molecular complexity index is 907. The molecule has 1 atom stereocenters. The normalized spacial score (nSPS) is 13.3. The Kier molecular flexibility index (Phi) is 40.7. The molecular formula is C46H78O4. The maximum atomic E-state index is 12.2. The van der Waals surface area contributed by atoms with Gasteiger partial charge in [-0.15, -0.1) is 0 Å². The van der Waals surface area contributed by atoms with Gasteiger partial charge in [0.05, 0.1) is 13.2 Å². The lowest BCUT2D eigenvalue weighted by atomic mass is 10.1. The fourth-order valence-electron chi connectivity index (χ4n) is 5.37. The summed E-state index contributed by atoms with van der Waals surface area (Å²) in [6.07, 6.45) is 59.2. The van der Waals surface area contributed by atoms with Gasteiger partial charge in [0.1, 0.15) is 6.10 Å². The average Bonchev–Trinajstić information content (AvgIpc) is 3.12. The summed E-state index contributed by atoms with van der Waals surface area (Å²) in [4.78, 5) is 12.2. The number of unbranched alkanes of at least 4 members (excludes halogenated alkanes) is 15. The molecule has 0 saturated heterocycles. The molecule has 0 aromatic heterocycles. The molecule has 0 fully saturated rings. The molecule has 0 rings (SSSR count). The van der Waals surface area contributed by atoms with Crippen molar-refractivity contribution in [3.8, 4) is 0 Å². The Morgan fingerprint density at radius 1 is 0.500 bits per heavy atom. The van der Waals surface area contributed by atoms with Crippen molar-refractivity contribution in [3.05, 3.63) is 85.1 Å². The highest BCUT2D eigenvalue weighted by Crippen LogP contribution is 2.12. The second-order valence-electron chi connectivity index (χ2n) is 13.3. The summed E-state index contributed by atoms with van der Waals surface area (Å²) >= 11 is 0. The molecule has 0 bridgehead atoms. The summed E-state index contributed by atoms with van der Waals surface area (Å²) in [5, 5.41) is 9.58. The van der Waals surface area contributed by atoms with Crippen LogP contribution in [0.2, 0.25) is 0 Å². The highest BCUT2D eigenvalue weighted by Gasteiger charge is 2.13. The van der Waals surface area contributed by atoms with Crippen molar-refractivity contribution in [1.29, 1.82) is 0 Å². The van der Waals surface area contributed by atoms with Crippen LogP contribution in [0.5, 0.6) is 0 Å². The summed E-state index contributed by atoms with van der Waals surface area (Å²) in [7, 11) is 0. The topological polar surface area (TPSA) is 55.8 Å². The van der Waals surface area contributed by atoms with Gasteiger partial charge in [0.2, 0.25) is 0 Å². The van der Waals surface area contributed by atoms with Crippen LogP contribution >= 0.6 is 0 Å². The van der Waals surface area contributed by atoms with E-state index in [1.54, 1.807) is 0 Å². The second kappa shape index (κ2) is 42.7. The number of allylic oxidation sites excluding steroid dienone is 14. The largest absolute Gasteiger partial charge is 0.457 e. The Morgan fingerprint density at radius 3 is 1.36 bits per heavy atom. The van der Waals surface area contributed by atoms with Gasteiger partial charge in [-0.25, -0.2) is 0 Å². The Hall–Kier alpha value is -2.43. The predicted molar refractivity (Wildman–Crippen MR) is 219 cm³/mol. The van der Waals surface area contributed by atoms with Crippen LogP contribution < -0.4 is 0 Å². The summed E-state index contributed by atoms with van der Waals surface area (Å²) in [5.74, 6) is -0.222. The summed E-state index contributed by atoms with van der Waals surface area (Å²) in [6, 6.07) is 0. The average molecular weight is 695 g/mol. The van der Waals surface area contributed by atoms with Gasteiger partial charge in [0.15, 0.2) is 0 Å². The number of aliphatic hydroxyl groups is 1. The van der Waals surface area contributed by atoms with Crippen LogP contribution in [0.4, 0.5) is 0 Å². The van der Waals surface area contributed by atoms with E-state index in [4.69, 9.17) is 9.47 Å². The minimum absolute atomic E-state index is 0.186. The van der Waals surface area contributed by atoms with Crippen molar-refractivity contribution in [2.75, 3.05) is 19.8 Å². The molecule has 0 amide bonds. The van der Waals surface area contributed by atoms with Gasteiger partial charge >= 0.3 is 5.97 Å². The Balaban J connectivity index is 3.51. The van der Waals surface area contributed by atoms with Gasteiger partial charge in [0.25, 0.3) is 0 Å². The van der Waals surface area contributed by atoms with Gasteiger partial charge in [-0.05, 0) is 83.5 Å². The Labute approximate surface area is 310 Å². The predicted octanol–water partition coefficient (Wildman–Crippen LogP) is 13.6. The second-order valence-corrected chi connectivity index (χ2v) is 13.3. The van der Waals surface area contributed by atoms with Gasteiger partial charge in [0, 0.05) is 13.0 Å². The lowest BCUT2D eigenvalue weighted by Crippen LogP contribution is -2.27. The zero-order chi connectivity index (χ0) is 36.3. The van der Waals surface area contributed by atoms with Crippen LogP contribution in [0.1, 0.15) is 174 Å². The smallest absolute Gasteiger partial charge is 0.306 e. The van der Waals surface area contributed by atoms with Crippen molar-refractivity contribution in [2.45, 2.75) is 180 Å². The maximum absolute atomic E-state index is 12.2. The molecule has 0 radical (unpaired) electrons. The highest BCUT2D eigenvalue weighted by atomic mass is 16.6. The number of carbonyl (C=O) groups excluding carboxylic acids is 1. The SMILES string of the molecule is CC/C=C\C/C=C\C/C=C\C/C=C\C/C=C\CCCCCCCCCCOCC(CO)OC(=O)CCCCCCC/C=C\C/C=C\CCCC. The van der Waals surface area contributed by atoms with Crippen molar-refractivity contribution in [2.24, 2.45) is 0 Å². The number of aliphatic hydroxyl groups excluding tert-OH is 1. The third-order valence-corrected chi connectivity index (χ3v) is 8.45. The van der Waals surface area contributed by atoms with E-state index in [9.17, 15) is 9.90 Å². The molecule has 1 unspecified atom stereocenters. The van der Waals surface area contributed by atoms with Crippen LogP contribution in [0.15, 0.2) is 85.1 Å². The monoisotopic (exact) mass is 695 g/mol. The minimum Gasteiger partial charge on any atom is -0.457 e. The lowest BCUT2D eigenvalue weighted by molar-refractivity contribution is -0.154. The fraction of sp³-hybridized carbons (Fsp3) is 0.674. The molecule has 50 heavy (non-hydrogen) atoms. The summed E-state index contributed by atoms with van der Waals surface area (Å²) < 4.78 is 11.1. The number of carbonyl (C=O) groups is 1. The molecule has 4 nitrogen and oxygen atoms in total. The van der Waals surface area contributed by atoms with Crippen molar-refractivity contribution in [1.82, 2.24) is 0 Å². The molecule has 0 saturated carbocycles. The molecule has 0 aliphatic carbocycles. The first-order valence-electron chi connectivity index (χ1n) is 20.7. The lowest BCUT2D eigenvalue weighted by Gasteiger charge is -2.15. The van der Waals surface area contributed by atoms with Crippen molar-refractivity contribution in [3.63, 3.8) is 0 Å². The van der Waals surface area contributed by atoms with E-state index in [0.29, 0.717) is 13.0 Å². The first kappa shape index (κ1) is 47.6.